The molecule has 1 saturated carbocycles. The quantitative estimate of drug-likeness (QED) is 0.816. The molecule has 4 nitrogen and oxygen atoms in total. The lowest BCUT2D eigenvalue weighted by Gasteiger charge is -2.26. The van der Waals surface area contributed by atoms with Crippen LogP contribution in [0.1, 0.15) is 41.1 Å². The maximum absolute atomic E-state index is 10.9. The van der Waals surface area contributed by atoms with Crippen molar-refractivity contribution in [2.75, 3.05) is 0 Å². The van der Waals surface area contributed by atoms with E-state index in [2.05, 4.69) is 10.2 Å². The highest BCUT2D eigenvalue weighted by atomic mass is 35.5. The summed E-state index contributed by atoms with van der Waals surface area (Å²) in [7, 11) is 0. The summed E-state index contributed by atoms with van der Waals surface area (Å²) in [5, 5.41) is 16.2. The van der Waals surface area contributed by atoms with Gasteiger partial charge in [0.15, 0.2) is 5.15 Å². The molecule has 1 aromatic heterocycles. The van der Waals surface area contributed by atoms with E-state index in [-0.39, 0.29) is 10.7 Å². The Labute approximate surface area is 85.9 Å². The van der Waals surface area contributed by atoms with E-state index in [1.807, 2.05) is 0 Å². The molecule has 74 valence electrons. The van der Waals surface area contributed by atoms with E-state index in [1.165, 1.54) is 6.20 Å². The highest BCUT2D eigenvalue weighted by Gasteiger charge is 2.27. The van der Waals surface area contributed by atoms with Crippen LogP contribution in [0.3, 0.4) is 0 Å². The summed E-state index contributed by atoms with van der Waals surface area (Å²) in [4.78, 5) is 10.9. The number of carboxylic acids is 1. The van der Waals surface area contributed by atoms with Crippen LogP contribution in [0.15, 0.2) is 6.20 Å². The summed E-state index contributed by atoms with van der Waals surface area (Å²) in [6.07, 6.45) is 4.69. The molecular weight excluding hydrogens is 204 g/mol. The molecule has 2 rings (SSSR count). The second kappa shape index (κ2) is 3.53. The molecule has 14 heavy (non-hydrogen) atoms. The normalized spacial score (nSPS) is 16.4. The van der Waals surface area contributed by atoms with Gasteiger partial charge in [-0.15, -0.1) is 5.10 Å². The van der Waals surface area contributed by atoms with Crippen molar-refractivity contribution in [2.24, 2.45) is 0 Å². The standard InChI is InChI=1S/C9H9ClN2O2/c10-8-7(9(13)14)6(4-11-12-8)5-2-1-3-5/h4-5H,1-3H2,(H,13,14). The van der Waals surface area contributed by atoms with Crippen LogP contribution in [-0.2, 0) is 0 Å². The predicted octanol–water partition coefficient (Wildman–Crippen LogP) is 2.10. The van der Waals surface area contributed by atoms with Crippen LogP contribution in [-0.4, -0.2) is 21.3 Å². The van der Waals surface area contributed by atoms with Crippen LogP contribution in [0.25, 0.3) is 0 Å². The van der Waals surface area contributed by atoms with Gasteiger partial charge in [-0.25, -0.2) is 4.79 Å². The first-order valence-corrected chi connectivity index (χ1v) is 4.82. The molecule has 0 aliphatic heterocycles. The van der Waals surface area contributed by atoms with Gasteiger partial charge in [0, 0.05) is 0 Å². The van der Waals surface area contributed by atoms with Crippen molar-refractivity contribution >= 4 is 17.6 Å². The van der Waals surface area contributed by atoms with Crippen molar-refractivity contribution in [3.63, 3.8) is 0 Å². The topological polar surface area (TPSA) is 63.1 Å². The van der Waals surface area contributed by atoms with Gasteiger partial charge in [0.1, 0.15) is 5.56 Å². The van der Waals surface area contributed by atoms with E-state index >= 15 is 0 Å². The van der Waals surface area contributed by atoms with Gasteiger partial charge in [-0.2, -0.15) is 5.10 Å². The summed E-state index contributed by atoms with van der Waals surface area (Å²) in [6.45, 7) is 0. The molecule has 0 saturated heterocycles. The Bertz CT molecular complexity index is 377. The number of carboxylic acid groups (broad SMARTS) is 1. The van der Waals surface area contributed by atoms with E-state index in [0.717, 1.165) is 24.8 Å². The first-order valence-electron chi connectivity index (χ1n) is 4.44. The molecule has 0 aromatic carbocycles. The monoisotopic (exact) mass is 212 g/mol. The summed E-state index contributed by atoms with van der Waals surface area (Å²) >= 11 is 5.70. The first kappa shape index (κ1) is 9.40. The summed E-state index contributed by atoms with van der Waals surface area (Å²) in [5.74, 6) is -0.721. The number of aromatic nitrogens is 2. The molecule has 0 spiro atoms. The Balaban J connectivity index is 2.46. The minimum atomic E-state index is -1.02. The lowest BCUT2D eigenvalue weighted by atomic mass is 9.79. The van der Waals surface area contributed by atoms with Gasteiger partial charge in [-0.3, -0.25) is 0 Å². The number of halogens is 1. The Hall–Kier alpha value is -1.16. The molecule has 0 radical (unpaired) electrons. The average Bonchev–Trinajstić information content (AvgIpc) is 1.99. The number of nitrogens with zero attached hydrogens (tertiary/aromatic N) is 2. The maximum Gasteiger partial charge on any atom is 0.339 e. The van der Waals surface area contributed by atoms with Crippen LogP contribution in [0.5, 0.6) is 0 Å². The van der Waals surface area contributed by atoms with Crippen LogP contribution >= 0.6 is 11.6 Å². The molecule has 0 unspecified atom stereocenters. The van der Waals surface area contributed by atoms with Gasteiger partial charge in [0.05, 0.1) is 6.20 Å². The van der Waals surface area contributed by atoms with Crippen molar-refractivity contribution in [1.29, 1.82) is 0 Å². The number of carbonyl (C=O) groups is 1. The molecular formula is C9H9ClN2O2. The Morgan fingerprint density at radius 3 is 2.79 bits per heavy atom. The fraction of sp³-hybridized carbons (Fsp3) is 0.444. The van der Waals surface area contributed by atoms with Crippen LogP contribution in [0.4, 0.5) is 0 Å². The number of hydrogen-bond donors (Lipinski definition) is 1. The summed E-state index contributed by atoms with van der Waals surface area (Å²) in [6, 6.07) is 0. The van der Waals surface area contributed by atoms with Crippen molar-refractivity contribution in [1.82, 2.24) is 10.2 Å². The highest BCUT2D eigenvalue weighted by molar-refractivity contribution is 6.32. The smallest absolute Gasteiger partial charge is 0.339 e. The molecule has 5 heteroatoms. The zero-order valence-electron chi connectivity index (χ0n) is 7.40. The predicted molar refractivity (Wildman–Crippen MR) is 50.6 cm³/mol. The Morgan fingerprint density at radius 1 is 1.57 bits per heavy atom. The number of aromatic carboxylic acids is 1. The minimum Gasteiger partial charge on any atom is -0.478 e. The van der Waals surface area contributed by atoms with Crippen LogP contribution in [0, 0.1) is 0 Å². The van der Waals surface area contributed by atoms with Gasteiger partial charge in [0.2, 0.25) is 0 Å². The van der Waals surface area contributed by atoms with Crippen LogP contribution < -0.4 is 0 Å². The molecule has 1 heterocycles. The largest absolute Gasteiger partial charge is 0.478 e. The van der Waals surface area contributed by atoms with Crippen molar-refractivity contribution in [3.05, 3.63) is 22.5 Å². The minimum absolute atomic E-state index is 0.0121. The second-order valence-electron chi connectivity index (χ2n) is 3.40. The van der Waals surface area contributed by atoms with Crippen molar-refractivity contribution in [2.45, 2.75) is 25.2 Å². The third kappa shape index (κ3) is 1.46. The zero-order valence-corrected chi connectivity index (χ0v) is 8.16. The van der Waals surface area contributed by atoms with Gasteiger partial charge < -0.3 is 5.11 Å². The Kier molecular flexibility index (Phi) is 2.37. The van der Waals surface area contributed by atoms with E-state index in [0.29, 0.717) is 5.92 Å². The average molecular weight is 213 g/mol. The number of hydrogen-bond acceptors (Lipinski definition) is 3. The molecule has 0 amide bonds. The van der Waals surface area contributed by atoms with E-state index in [1.54, 1.807) is 0 Å². The third-order valence-corrected chi connectivity index (χ3v) is 2.86. The van der Waals surface area contributed by atoms with Gasteiger partial charge in [-0.05, 0) is 24.3 Å². The summed E-state index contributed by atoms with van der Waals surface area (Å²) in [5.41, 5.74) is 0.843. The Morgan fingerprint density at radius 2 is 2.29 bits per heavy atom. The fourth-order valence-corrected chi connectivity index (χ4v) is 1.85. The van der Waals surface area contributed by atoms with Crippen LogP contribution in [0.2, 0.25) is 5.15 Å². The molecule has 1 aliphatic carbocycles. The SMILES string of the molecule is O=C(O)c1c(C2CCC2)cnnc1Cl. The lowest BCUT2D eigenvalue weighted by Crippen LogP contribution is -2.15. The molecule has 1 aliphatic rings. The lowest BCUT2D eigenvalue weighted by molar-refractivity contribution is 0.0694. The van der Waals surface area contributed by atoms with Crippen molar-refractivity contribution in [3.8, 4) is 0 Å². The highest BCUT2D eigenvalue weighted by Crippen LogP contribution is 2.38. The van der Waals surface area contributed by atoms with Crippen molar-refractivity contribution < 1.29 is 9.90 Å². The van der Waals surface area contributed by atoms with E-state index in [4.69, 9.17) is 16.7 Å². The number of rotatable bonds is 2. The molecule has 0 bridgehead atoms. The molecule has 1 fully saturated rings. The van der Waals surface area contributed by atoms with E-state index < -0.39 is 5.97 Å². The molecule has 0 atom stereocenters. The summed E-state index contributed by atoms with van der Waals surface area (Å²) < 4.78 is 0. The van der Waals surface area contributed by atoms with Gasteiger partial charge in [-0.1, -0.05) is 18.0 Å². The zero-order chi connectivity index (χ0) is 10.1. The molecule has 1 aromatic rings. The first-order chi connectivity index (χ1) is 6.70. The van der Waals surface area contributed by atoms with Gasteiger partial charge >= 0.3 is 5.97 Å². The maximum atomic E-state index is 10.9. The third-order valence-electron chi connectivity index (χ3n) is 2.60. The molecule has 1 N–H and O–H groups in total. The second-order valence-corrected chi connectivity index (χ2v) is 3.76. The van der Waals surface area contributed by atoms with E-state index in [9.17, 15) is 4.79 Å². The van der Waals surface area contributed by atoms with Gasteiger partial charge in [0.25, 0.3) is 0 Å². The fourth-order valence-electron chi connectivity index (χ4n) is 1.62.